The first-order valence-electron chi connectivity index (χ1n) is 5.80. The predicted octanol–water partition coefficient (Wildman–Crippen LogP) is 0.706. The number of nitrogens with zero attached hydrogens (tertiary/aromatic N) is 2. The van der Waals surface area contributed by atoms with Gasteiger partial charge in [0.25, 0.3) is 0 Å². The molecule has 0 spiro atoms. The fourth-order valence-electron chi connectivity index (χ4n) is 1.43. The third-order valence-corrected chi connectivity index (χ3v) is 2.72. The van der Waals surface area contributed by atoms with Gasteiger partial charge in [0, 0.05) is 38.6 Å². The Morgan fingerprint density at radius 1 is 1.56 bits per heavy atom. The maximum Gasteiger partial charge on any atom is 0.122 e. The molecule has 0 saturated heterocycles. The Bertz CT molecular complexity index is 386. The molecule has 1 rings (SSSR count). The van der Waals surface area contributed by atoms with Crippen LogP contribution in [0.15, 0.2) is 18.3 Å². The van der Waals surface area contributed by atoms with Gasteiger partial charge in [-0.15, -0.1) is 0 Å². The van der Waals surface area contributed by atoms with Gasteiger partial charge in [-0.1, -0.05) is 12.2 Å². The van der Waals surface area contributed by atoms with Crippen LogP contribution in [0.2, 0.25) is 0 Å². The summed E-state index contributed by atoms with van der Waals surface area (Å²) in [4.78, 5) is 6.61. The van der Waals surface area contributed by atoms with Crippen LogP contribution in [0.1, 0.15) is 5.69 Å². The van der Waals surface area contributed by atoms with Gasteiger partial charge in [0.1, 0.15) is 4.99 Å². The molecular formula is C12H20N4OS. The highest BCUT2D eigenvalue weighted by atomic mass is 32.1. The summed E-state index contributed by atoms with van der Waals surface area (Å²) in [7, 11) is 3.77. The minimum atomic E-state index is 0.316. The number of pyridine rings is 1. The van der Waals surface area contributed by atoms with Crippen molar-refractivity contribution in [2.45, 2.75) is 0 Å². The summed E-state index contributed by atoms with van der Waals surface area (Å²) in [6.45, 7) is 3.46. The first-order valence-corrected chi connectivity index (χ1v) is 6.21. The molecule has 1 aromatic rings. The molecular weight excluding hydrogens is 248 g/mol. The molecule has 0 amide bonds. The summed E-state index contributed by atoms with van der Waals surface area (Å²) in [6.07, 6.45) is 1.70. The van der Waals surface area contributed by atoms with Gasteiger partial charge >= 0.3 is 0 Å². The lowest BCUT2D eigenvalue weighted by atomic mass is 10.3. The van der Waals surface area contributed by atoms with E-state index in [1.807, 2.05) is 12.1 Å². The maximum absolute atomic E-state index is 5.53. The van der Waals surface area contributed by atoms with E-state index in [-0.39, 0.29) is 0 Å². The molecule has 100 valence electrons. The fraction of sp³-hybridized carbons (Fsp3) is 0.500. The van der Waals surface area contributed by atoms with E-state index in [2.05, 4.69) is 22.2 Å². The molecule has 0 aliphatic rings. The Labute approximate surface area is 113 Å². The molecule has 18 heavy (non-hydrogen) atoms. The molecule has 0 fully saturated rings. The van der Waals surface area contributed by atoms with Crippen LogP contribution in [-0.2, 0) is 4.74 Å². The second-order valence-electron chi connectivity index (χ2n) is 4.02. The van der Waals surface area contributed by atoms with Crippen LogP contribution in [-0.4, -0.2) is 55.3 Å². The van der Waals surface area contributed by atoms with Crippen LogP contribution in [0.4, 0.5) is 5.69 Å². The molecule has 0 saturated carbocycles. The van der Waals surface area contributed by atoms with Gasteiger partial charge in [-0.05, 0) is 19.2 Å². The number of rotatable bonds is 8. The van der Waals surface area contributed by atoms with E-state index in [1.165, 1.54) is 0 Å². The van der Waals surface area contributed by atoms with Gasteiger partial charge in [0.15, 0.2) is 0 Å². The van der Waals surface area contributed by atoms with Gasteiger partial charge in [-0.2, -0.15) is 0 Å². The molecule has 0 radical (unpaired) electrons. The number of aromatic nitrogens is 1. The Kier molecular flexibility index (Phi) is 6.56. The quantitative estimate of drug-likeness (QED) is 0.677. The molecule has 6 heteroatoms. The maximum atomic E-state index is 5.53. The minimum absolute atomic E-state index is 0.316. The number of ether oxygens (including phenoxy) is 1. The summed E-state index contributed by atoms with van der Waals surface area (Å²) in [5, 5.41) is 3.31. The number of likely N-dealkylation sites (N-methyl/N-ethyl adjacent to an activating group) is 1. The van der Waals surface area contributed by atoms with Crippen molar-refractivity contribution < 1.29 is 4.74 Å². The molecule has 0 bridgehead atoms. The fourth-order valence-corrected chi connectivity index (χ4v) is 1.54. The van der Waals surface area contributed by atoms with E-state index in [9.17, 15) is 0 Å². The Balaban J connectivity index is 2.35. The second-order valence-corrected chi connectivity index (χ2v) is 4.46. The highest BCUT2D eigenvalue weighted by molar-refractivity contribution is 7.80. The zero-order valence-electron chi connectivity index (χ0n) is 10.8. The van der Waals surface area contributed by atoms with Crippen molar-refractivity contribution in [2.24, 2.45) is 5.73 Å². The minimum Gasteiger partial charge on any atom is -0.388 e. The number of methoxy groups -OCH3 is 1. The number of hydrogen-bond acceptors (Lipinski definition) is 5. The van der Waals surface area contributed by atoms with Crippen molar-refractivity contribution in [3.63, 3.8) is 0 Å². The van der Waals surface area contributed by atoms with Gasteiger partial charge < -0.3 is 20.7 Å². The third-order valence-electron chi connectivity index (χ3n) is 2.51. The predicted molar refractivity (Wildman–Crippen MR) is 78.0 cm³/mol. The van der Waals surface area contributed by atoms with E-state index in [0.29, 0.717) is 10.7 Å². The third kappa shape index (κ3) is 5.39. The first-order chi connectivity index (χ1) is 8.63. The molecule has 0 unspecified atom stereocenters. The van der Waals surface area contributed by atoms with E-state index < -0.39 is 0 Å². The standard InChI is InChI=1S/C12H20N4OS/c1-16(7-8-17-2)6-5-14-10-3-4-15-11(9-10)12(13)18/h3-4,9H,5-8H2,1-2H3,(H2,13,18)(H,14,15). The van der Waals surface area contributed by atoms with Crippen molar-refractivity contribution in [1.29, 1.82) is 0 Å². The van der Waals surface area contributed by atoms with Crippen LogP contribution < -0.4 is 11.1 Å². The van der Waals surface area contributed by atoms with Crippen molar-refractivity contribution in [1.82, 2.24) is 9.88 Å². The zero-order valence-corrected chi connectivity index (χ0v) is 11.7. The molecule has 0 aliphatic carbocycles. The monoisotopic (exact) mass is 268 g/mol. The normalized spacial score (nSPS) is 10.6. The highest BCUT2D eigenvalue weighted by Crippen LogP contribution is 2.07. The summed E-state index contributed by atoms with van der Waals surface area (Å²) in [6, 6.07) is 3.76. The summed E-state index contributed by atoms with van der Waals surface area (Å²) in [5.41, 5.74) is 7.15. The highest BCUT2D eigenvalue weighted by Gasteiger charge is 2.00. The molecule has 0 aliphatic heterocycles. The molecule has 1 aromatic heterocycles. The smallest absolute Gasteiger partial charge is 0.122 e. The zero-order chi connectivity index (χ0) is 13.4. The molecule has 0 atom stereocenters. The average molecular weight is 268 g/mol. The topological polar surface area (TPSA) is 63.4 Å². The van der Waals surface area contributed by atoms with Crippen LogP contribution >= 0.6 is 12.2 Å². The van der Waals surface area contributed by atoms with Gasteiger partial charge in [0.2, 0.25) is 0 Å². The molecule has 5 nitrogen and oxygen atoms in total. The number of nitrogens with one attached hydrogen (secondary N) is 1. The molecule has 1 heterocycles. The lowest BCUT2D eigenvalue weighted by Crippen LogP contribution is -2.28. The first kappa shape index (κ1) is 14.8. The Hall–Kier alpha value is -1.24. The second kappa shape index (κ2) is 7.97. The van der Waals surface area contributed by atoms with Crippen molar-refractivity contribution in [3.8, 4) is 0 Å². The number of anilines is 1. The molecule has 3 N–H and O–H groups in total. The summed E-state index contributed by atoms with van der Waals surface area (Å²) < 4.78 is 5.02. The Morgan fingerprint density at radius 3 is 3.00 bits per heavy atom. The van der Waals surface area contributed by atoms with Crippen LogP contribution in [0.3, 0.4) is 0 Å². The van der Waals surface area contributed by atoms with Gasteiger partial charge in [-0.25, -0.2) is 0 Å². The molecule has 0 aromatic carbocycles. The van der Waals surface area contributed by atoms with Crippen molar-refractivity contribution >= 4 is 22.9 Å². The largest absolute Gasteiger partial charge is 0.388 e. The number of hydrogen-bond donors (Lipinski definition) is 2. The van der Waals surface area contributed by atoms with E-state index >= 15 is 0 Å². The Morgan fingerprint density at radius 2 is 2.33 bits per heavy atom. The summed E-state index contributed by atoms with van der Waals surface area (Å²) in [5.74, 6) is 0. The van der Waals surface area contributed by atoms with Crippen LogP contribution in [0, 0.1) is 0 Å². The lowest BCUT2D eigenvalue weighted by molar-refractivity contribution is 0.163. The average Bonchev–Trinajstić information content (AvgIpc) is 2.36. The number of nitrogens with two attached hydrogens (primary N) is 1. The van der Waals surface area contributed by atoms with Crippen LogP contribution in [0.25, 0.3) is 0 Å². The van der Waals surface area contributed by atoms with Crippen LogP contribution in [0.5, 0.6) is 0 Å². The number of thiocarbonyl (C=S) groups is 1. The SMILES string of the molecule is COCCN(C)CCNc1ccnc(C(N)=S)c1. The van der Waals surface area contributed by atoms with E-state index in [1.54, 1.807) is 13.3 Å². The summed E-state index contributed by atoms with van der Waals surface area (Å²) >= 11 is 4.89. The van der Waals surface area contributed by atoms with E-state index in [0.717, 1.165) is 31.9 Å². The van der Waals surface area contributed by atoms with Gasteiger partial charge in [-0.3, -0.25) is 4.98 Å². The van der Waals surface area contributed by atoms with Gasteiger partial charge in [0.05, 0.1) is 12.3 Å². The van der Waals surface area contributed by atoms with E-state index in [4.69, 9.17) is 22.7 Å². The van der Waals surface area contributed by atoms with Crippen molar-refractivity contribution in [2.75, 3.05) is 45.7 Å². The lowest BCUT2D eigenvalue weighted by Gasteiger charge is -2.16. The van der Waals surface area contributed by atoms with Crippen molar-refractivity contribution in [3.05, 3.63) is 24.0 Å².